The number of rotatable bonds is 3. The van der Waals surface area contributed by atoms with Crippen LogP contribution in [-0.2, 0) is 17.5 Å². The van der Waals surface area contributed by atoms with Gasteiger partial charge in [-0.1, -0.05) is 23.7 Å². The van der Waals surface area contributed by atoms with Crippen LogP contribution in [0.5, 0.6) is 0 Å². The summed E-state index contributed by atoms with van der Waals surface area (Å²) in [6.45, 7) is -0.686. The van der Waals surface area contributed by atoms with Gasteiger partial charge in [0, 0.05) is 6.20 Å². The number of nitrogens with zero attached hydrogens (tertiary/aromatic N) is 3. The van der Waals surface area contributed by atoms with E-state index in [2.05, 4.69) is 20.8 Å². The van der Waals surface area contributed by atoms with E-state index in [0.717, 1.165) is 4.57 Å². The first-order valence-corrected chi connectivity index (χ1v) is 7.86. The topological polar surface area (TPSA) is 88.9 Å². The van der Waals surface area contributed by atoms with Crippen molar-refractivity contribution in [3.63, 3.8) is 0 Å². The number of amides is 2. The number of carbonyl (C=O) groups is 2. The van der Waals surface area contributed by atoms with Gasteiger partial charge in [0.2, 0.25) is 5.82 Å². The molecule has 0 aliphatic rings. The largest absolute Gasteiger partial charge is 0.449 e. The Kier molecular flexibility index (Phi) is 5.00. The molecule has 11 heteroatoms. The zero-order valence-corrected chi connectivity index (χ0v) is 14.2. The summed E-state index contributed by atoms with van der Waals surface area (Å²) in [6.07, 6.45) is -3.55. The van der Waals surface area contributed by atoms with Gasteiger partial charge >= 0.3 is 6.18 Å². The summed E-state index contributed by atoms with van der Waals surface area (Å²) in [5, 5.41) is 0.183. The van der Waals surface area contributed by atoms with Gasteiger partial charge in [-0.15, -0.1) is 0 Å². The van der Waals surface area contributed by atoms with Crippen molar-refractivity contribution in [3.8, 4) is 0 Å². The normalized spacial score (nSPS) is 11.4. The molecule has 1 aromatic carbocycles. The Morgan fingerprint density at radius 3 is 2.52 bits per heavy atom. The molecular formula is C16H11ClF3N5O2. The van der Waals surface area contributed by atoms with Crippen molar-refractivity contribution in [2.45, 2.75) is 12.7 Å². The molecule has 3 aromatic rings. The number of aromatic nitrogens is 3. The zero-order chi connectivity index (χ0) is 19.6. The van der Waals surface area contributed by atoms with Crippen LogP contribution in [0.4, 0.5) is 13.2 Å². The highest BCUT2D eigenvalue weighted by Crippen LogP contribution is 2.31. The smallest absolute Gasteiger partial charge is 0.311 e. The van der Waals surface area contributed by atoms with Crippen LogP contribution >= 0.6 is 11.6 Å². The predicted molar refractivity (Wildman–Crippen MR) is 89.6 cm³/mol. The van der Waals surface area contributed by atoms with E-state index in [4.69, 9.17) is 11.6 Å². The summed E-state index contributed by atoms with van der Waals surface area (Å²) < 4.78 is 40.3. The highest BCUT2D eigenvalue weighted by Gasteiger charge is 2.38. The molecule has 7 nitrogen and oxygen atoms in total. The molecule has 0 spiro atoms. The van der Waals surface area contributed by atoms with Crippen molar-refractivity contribution in [2.75, 3.05) is 0 Å². The fourth-order valence-corrected chi connectivity index (χ4v) is 2.46. The van der Waals surface area contributed by atoms with Gasteiger partial charge in [-0.05, 0) is 24.3 Å². The van der Waals surface area contributed by atoms with E-state index in [0.29, 0.717) is 0 Å². The monoisotopic (exact) mass is 397 g/mol. The average molecular weight is 398 g/mol. The van der Waals surface area contributed by atoms with Crippen LogP contribution in [0.2, 0.25) is 5.15 Å². The molecule has 2 aromatic heterocycles. The maximum Gasteiger partial charge on any atom is 0.449 e. The Labute approximate surface area is 155 Å². The molecule has 0 aliphatic heterocycles. The van der Waals surface area contributed by atoms with Crippen LogP contribution in [0.15, 0.2) is 42.6 Å². The van der Waals surface area contributed by atoms with E-state index in [1.54, 1.807) is 6.07 Å². The van der Waals surface area contributed by atoms with Crippen molar-refractivity contribution in [2.24, 2.45) is 0 Å². The van der Waals surface area contributed by atoms with Gasteiger partial charge in [0.25, 0.3) is 11.8 Å². The lowest BCUT2D eigenvalue weighted by Crippen LogP contribution is -2.43. The maximum absolute atomic E-state index is 13.2. The molecule has 27 heavy (non-hydrogen) atoms. The lowest BCUT2D eigenvalue weighted by Gasteiger charge is -2.12. The number of carbonyl (C=O) groups excluding carboxylic acids is 2. The first-order valence-electron chi connectivity index (χ1n) is 7.49. The number of hydrazine groups is 1. The van der Waals surface area contributed by atoms with Crippen LogP contribution in [0.1, 0.15) is 16.2 Å². The number of fused-ring (bicyclic) bond motifs is 1. The van der Waals surface area contributed by atoms with Crippen molar-refractivity contribution in [3.05, 3.63) is 59.1 Å². The molecule has 2 amide bonds. The molecule has 2 heterocycles. The third-order valence-corrected chi connectivity index (χ3v) is 3.74. The molecule has 0 atom stereocenters. The number of imidazole rings is 1. The second-order valence-corrected chi connectivity index (χ2v) is 5.77. The first-order chi connectivity index (χ1) is 12.8. The number of hydrogen-bond donors (Lipinski definition) is 2. The third-order valence-electron chi connectivity index (χ3n) is 3.51. The Balaban J connectivity index is 1.74. The van der Waals surface area contributed by atoms with E-state index in [1.807, 2.05) is 0 Å². The SMILES string of the molecule is O=C(Cn1c(C(F)(F)F)nc2ccccc21)NNC(=O)c1ccc(Cl)nc1. The van der Waals surface area contributed by atoms with E-state index in [-0.39, 0.29) is 21.7 Å². The molecular weight excluding hydrogens is 387 g/mol. The summed E-state index contributed by atoms with van der Waals surface area (Å²) in [4.78, 5) is 31.2. The van der Waals surface area contributed by atoms with Crippen LogP contribution in [-0.4, -0.2) is 26.3 Å². The Morgan fingerprint density at radius 1 is 1.11 bits per heavy atom. The Hall–Kier alpha value is -3.14. The lowest BCUT2D eigenvalue weighted by atomic mass is 10.3. The first kappa shape index (κ1) is 18.6. The predicted octanol–water partition coefficient (Wildman–Crippen LogP) is 2.56. The minimum atomic E-state index is -4.74. The quantitative estimate of drug-likeness (QED) is 0.525. The van der Waals surface area contributed by atoms with Gasteiger partial charge in [0.05, 0.1) is 16.6 Å². The van der Waals surface area contributed by atoms with E-state index in [9.17, 15) is 22.8 Å². The van der Waals surface area contributed by atoms with Crippen LogP contribution in [0.25, 0.3) is 11.0 Å². The van der Waals surface area contributed by atoms with Gasteiger partial charge in [-0.3, -0.25) is 20.4 Å². The summed E-state index contributed by atoms with van der Waals surface area (Å²) in [5.74, 6) is -2.76. The molecule has 0 saturated heterocycles. The summed E-state index contributed by atoms with van der Waals surface area (Å²) in [6, 6.07) is 8.67. The minimum Gasteiger partial charge on any atom is -0.311 e. The van der Waals surface area contributed by atoms with Crippen molar-refractivity contribution in [1.82, 2.24) is 25.4 Å². The molecule has 0 fully saturated rings. The Bertz CT molecular complexity index is 1000. The summed E-state index contributed by atoms with van der Waals surface area (Å²) in [5.41, 5.74) is 4.53. The number of para-hydroxylation sites is 2. The van der Waals surface area contributed by atoms with Crippen LogP contribution in [0.3, 0.4) is 0 Å². The Morgan fingerprint density at radius 2 is 1.85 bits per heavy atom. The highest BCUT2D eigenvalue weighted by molar-refractivity contribution is 6.29. The number of alkyl halides is 3. The maximum atomic E-state index is 13.2. The van der Waals surface area contributed by atoms with Crippen LogP contribution < -0.4 is 10.9 Å². The molecule has 2 N–H and O–H groups in total. The van der Waals surface area contributed by atoms with E-state index < -0.39 is 30.4 Å². The van der Waals surface area contributed by atoms with Gasteiger partial charge < -0.3 is 4.57 Å². The lowest BCUT2D eigenvalue weighted by molar-refractivity contribution is -0.147. The van der Waals surface area contributed by atoms with Crippen molar-refractivity contribution in [1.29, 1.82) is 0 Å². The van der Waals surface area contributed by atoms with Crippen molar-refractivity contribution >= 4 is 34.4 Å². The number of benzene rings is 1. The van der Waals surface area contributed by atoms with Crippen LogP contribution in [0, 0.1) is 0 Å². The van der Waals surface area contributed by atoms with Gasteiger partial charge in [-0.2, -0.15) is 13.2 Å². The van der Waals surface area contributed by atoms with Crippen molar-refractivity contribution < 1.29 is 22.8 Å². The highest BCUT2D eigenvalue weighted by atomic mass is 35.5. The molecule has 0 radical (unpaired) electrons. The van der Waals surface area contributed by atoms with Gasteiger partial charge in [0.1, 0.15) is 11.7 Å². The zero-order valence-electron chi connectivity index (χ0n) is 13.4. The molecule has 140 valence electrons. The van der Waals surface area contributed by atoms with Gasteiger partial charge in [0.15, 0.2) is 0 Å². The molecule has 0 bridgehead atoms. The number of hydrogen-bond acceptors (Lipinski definition) is 4. The number of pyridine rings is 1. The van der Waals surface area contributed by atoms with E-state index >= 15 is 0 Å². The van der Waals surface area contributed by atoms with Gasteiger partial charge in [-0.25, -0.2) is 9.97 Å². The second-order valence-electron chi connectivity index (χ2n) is 5.38. The molecule has 0 saturated carbocycles. The molecule has 0 aliphatic carbocycles. The minimum absolute atomic E-state index is 0.105. The average Bonchev–Trinajstić information content (AvgIpc) is 2.99. The number of halogens is 4. The third kappa shape index (κ3) is 4.17. The summed E-state index contributed by atoms with van der Waals surface area (Å²) >= 11 is 5.61. The summed E-state index contributed by atoms with van der Waals surface area (Å²) in [7, 11) is 0. The molecule has 3 rings (SSSR count). The fraction of sp³-hybridized carbons (Fsp3) is 0.125. The molecule has 0 unspecified atom stereocenters. The van der Waals surface area contributed by atoms with E-state index in [1.165, 1.54) is 36.5 Å². The second kappa shape index (κ2) is 7.23. The fourth-order valence-electron chi connectivity index (χ4n) is 2.34. The standard InChI is InChI=1S/C16H11ClF3N5O2/c17-12-6-5-9(7-21-12)14(27)24-23-13(26)8-25-11-4-2-1-3-10(11)22-15(25)16(18,19)20/h1-7H,8H2,(H,23,26)(H,24,27). The number of nitrogens with one attached hydrogen (secondary N) is 2.